The van der Waals surface area contributed by atoms with Crippen LogP contribution in [-0.4, -0.2) is 0 Å². The third kappa shape index (κ3) is 11.4. The molecule has 0 amide bonds. The molecule has 4 saturated carbocycles. The van der Waals surface area contributed by atoms with Crippen molar-refractivity contribution in [1.29, 1.82) is 0 Å². The predicted molar refractivity (Wildman–Crippen MR) is 159 cm³/mol. The molecule has 4 aliphatic carbocycles. The summed E-state index contributed by atoms with van der Waals surface area (Å²) in [7, 11) is 0. The van der Waals surface area contributed by atoms with Crippen molar-refractivity contribution in [2.45, 2.75) is 172 Å². The fraction of sp³-hybridized carbons (Fsp3) is 1.00. The minimum absolute atomic E-state index is 1.02. The zero-order valence-corrected chi connectivity index (χ0v) is 25.9. The summed E-state index contributed by atoms with van der Waals surface area (Å²) in [5.41, 5.74) is 0. The molecule has 4 fully saturated rings. The van der Waals surface area contributed by atoms with Gasteiger partial charge in [0.05, 0.1) is 0 Å². The van der Waals surface area contributed by atoms with Crippen LogP contribution >= 0.6 is 0 Å². The smallest absolute Gasteiger partial charge is 0.0386 e. The highest BCUT2D eigenvalue weighted by molar-refractivity contribution is 4.87. The van der Waals surface area contributed by atoms with Gasteiger partial charge in [-0.15, -0.1) is 0 Å². The van der Waals surface area contributed by atoms with Gasteiger partial charge in [0.2, 0.25) is 0 Å². The highest BCUT2D eigenvalue weighted by Gasteiger charge is 2.36. The van der Waals surface area contributed by atoms with Crippen LogP contribution < -0.4 is 0 Å². The Bertz CT molecular complexity index is 354. The topological polar surface area (TPSA) is 0 Å². The van der Waals surface area contributed by atoms with E-state index in [1.165, 1.54) is 25.7 Å². The molecule has 0 spiro atoms. The second-order valence-corrected chi connectivity index (χ2v) is 11.4. The third-order valence-corrected chi connectivity index (χ3v) is 9.75. The molecule has 0 unspecified atom stereocenters. The highest BCUT2D eigenvalue weighted by atomic mass is 14.4. The molecule has 34 heavy (non-hydrogen) atoms. The number of hydrogen-bond acceptors (Lipinski definition) is 0. The van der Waals surface area contributed by atoms with Gasteiger partial charge >= 0.3 is 0 Å². The van der Waals surface area contributed by atoms with Crippen LogP contribution in [0.5, 0.6) is 0 Å². The number of rotatable bonds is 3. The summed E-state index contributed by atoms with van der Waals surface area (Å²) in [5.74, 6) is 8.70. The second-order valence-electron chi connectivity index (χ2n) is 11.4. The number of hydrogen-bond donors (Lipinski definition) is 0. The molecule has 0 aliphatic heterocycles. The molecule has 0 heteroatoms. The zero-order chi connectivity index (χ0) is 25.9. The molecule has 0 radical (unpaired) electrons. The molecule has 0 aromatic rings. The minimum atomic E-state index is 1.02. The Labute approximate surface area is 219 Å². The molecule has 0 aromatic heterocycles. The highest BCUT2D eigenvalue weighted by Crippen LogP contribution is 2.48. The van der Waals surface area contributed by atoms with Gasteiger partial charge in [0.1, 0.15) is 0 Å². The van der Waals surface area contributed by atoms with Crippen molar-refractivity contribution in [3.05, 3.63) is 0 Å². The van der Waals surface area contributed by atoms with Gasteiger partial charge in [0, 0.05) is 0 Å². The van der Waals surface area contributed by atoms with Crippen LogP contribution in [0.3, 0.4) is 0 Å². The molecule has 206 valence electrons. The first-order valence-corrected chi connectivity index (χ1v) is 16.7. The van der Waals surface area contributed by atoms with E-state index >= 15 is 0 Å². The Kier molecular flexibility index (Phi) is 21.1. The van der Waals surface area contributed by atoms with E-state index in [1.54, 1.807) is 77.0 Å². The molecule has 0 N–H and O–H groups in total. The molecular weight excluding hydrogens is 408 g/mol. The first kappa shape index (κ1) is 34.0. The van der Waals surface area contributed by atoms with Crippen LogP contribution in [0.2, 0.25) is 0 Å². The van der Waals surface area contributed by atoms with E-state index in [2.05, 4.69) is 13.8 Å². The van der Waals surface area contributed by atoms with E-state index < -0.39 is 0 Å². The van der Waals surface area contributed by atoms with Crippen molar-refractivity contribution >= 4 is 0 Å². The summed E-state index contributed by atoms with van der Waals surface area (Å²) >= 11 is 0. The van der Waals surface area contributed by atoms with E-state index in [0.29, 0.717) is 0 Å². The summed E-state index contributed by atoms with van der Waals surface area (Å²) in [6.07, 6.45) is 25.0. The molecule has 0 saturated heterocycles. The average molecular weight is 479 g/mol. The van der Waals surface area contributed by atoms with Gasteiger partial charge in [-0.25, -0.2) is 0 Å². The summed E-state index contributed by atoms with van der Waals surface area (Å²) in [6, 6.07) is 0. The lowest BCUT2D eigenvalue weighted by atomic mass is 9.63. The van der Waals surface area contributed by atoms with Crippen molar-refractivity contribution in [3.8, 4) is 0 Å². The Hall–Kier alpha value is 0. The quantitative estimate of drug-likeness (QED) is 0.378. The monoisotopic (exact) mass is 479 g/mol. The van der Waals surface area contributed by atoms with Gasteiger partial charge in [0.25, 0.3) is 0 Å². The molecule has 0 atom stereocenters. The van der Waals surface area contributed by atoms with Crippen LogP contribution in [0.15, 0.2) is 0 Å². The van der Waals surface area contributed by atoms with E-state index in [9.17, 15) is 0 Å². The molecule has 0 aromatic carbocycles. The van der Waals surface area contributed by atoms with Crippen LogP contribution in [0.4, 0.5) is 0 Å². The van der Waals surface area contributed by atoms with E-state index in [0.717, 1.165) is 47.3 Å². The van der Waals surface area contributed by atoms with Crippen molar-refractivity contribution in [2.24, 2.45) is 47.3 Å². The molecular formula is C34H70. The lowest BCUT2D eigenvalue weighted by Gasteiger charge is -2.42. The van der Waals surface area contributed by atoms with E-state index in [4.69, 9.17) is 0 Å². The standard InChI is InChI=1S/C26H46.4C2H6/c1-19-3-7-21(8-4-19)23-11-15-25(16-12-23)26-17-13-24(14-18-26)22-9-5-20(2)6-10-22;4*1-2/h19-26H,3-18H2,1-2H3;4*1-2H3. The van der Waals surface area contributed by atoms with Crippen molar-refractivity contribution in [3.63, 3.8) is 0 Å². The molecule has 0 bridgehead atoms. The van der Waals surface area contributed by atoms with Crippen molar-refractivity contribution in [2.75, 3.05) is 0 Å². The Morgan fingerprint density at radius 2 is 0.353 bits per heavy atom. The van der Waals surface area contributed by atoms with Crippen LogP contribution in [0.25, 0.3) is 0 Å². The Morgan fingerprint density at radius 3 is 0.500 bits per heavy atom. The Morgan fingerprint density at radius 1 is 0.235 bits per heavy atom. The van der Waals surface area contributed by atoms with Gasteiger partial charge in [-0.1, -0.05) is 94.9 Å². The first-order chi connectivity index (χ1) is 16.7. The van der Waals surface area contributed by atoms with E-state index in [-0.39, 0.29) is 0 Å². The molecule has 4 rings (SSSR count). The summed E-state index contributed by atoms with van der Waals surface area (Å²) in [6.45, 7) is 20.9. The maximum atomic E-state index is 2.47. The van der Waals surface area contributed by atoms with Gasteiger partial charge in [0.15, 0.2) is 0 Å². The lowest BCUT2D eigenvalue weighted by molar-refractivity contribution is 0.0876. The molecule has 0 nitrogen and oxygen atoms in total. The SMILES string of the molecule is CC.CC.CC.CC.CC1CCC(C2CCC(C3CCC(C4CCC(C)CC4)CC3)CC2)CC1. The lowest BCUT2D eigenvalue weighted by Crippen LogP contribution is -2.31. The fourth-order valence-electron chi connectivity index (χ4n) is 7.69. The summed E-state index contributed by atoms with van der Waals surface area (Å²) in [4.78, 5) is 0. The summed E-state index contributed by atoms with van der Waals surface area (Å²) < 4.78 is 0. The maximum absolute atomic E-state index is 2.47. The summed E-state index contributed by atoms with van der Waals surface area (Å²) in [5, 5.41) is 0. The fourth-order valence-corrected chi connectivity index (χ4v) is 7.69. The van der Waals surface area contributed by atoms with Crippen LogP contribution in [0, 0.1) is 47.3 Å². The third-order valence-electron chi connectivity index (χ3n) is 9.75. The van der Waals surface area contributed by atoms with Crippen molar-refractivity contribution in [1.82, 2.24) is 0 Å². The zero-order valence-electron chi connectivity index (χ0n) is 25.9. The second kappa shape index (κ2) is 21.1. The molecule has 0 heterocycles. The minimum Gasteiger partial charge on any atom is -0.0683 e. The first-order valence-electron chi connectivity index (χ1n) is 16.7. The normalized spacial score (nSPS) is 37.6. The van der Waals surface area contributed by atoms with Gasteiger partial charge in [-0.3, -0.25) is 0 Å². The Balaban J connectivity index is 0.00000124. The van der Waals surface area contributed by atoms with Crippen LogP contribution in [-0.2, 0) is 0 Å². The van der Waals surface area contributed by atoms with Gasteiger partial charge in [-0.05, 0) is 124 Å². The van der Waals surface area contributed by atoms with Crippen molar-refractivity contribution < 1.29 is 0 Å². The predicted octanol–water partition coefficient (Wildman–Crippen LogP) is 12.4. The van der Waals surface area contributed by atoms with Gasteiger partial charge < -0.3 is 0 Å². The van der Waals surface area contributed by atoms with E-state index in [1.807, 2.05) is 55.4 Å². The maximum Gasteiger partial charge on any atom is -0.0386 e. The largest absolute Gasteiger partial charge is 0.0683 e. The average Bonchev–Trinajstić information content (AvgIpc) is 2.94. The molecule has 4 aliphatic rings. The van der Waals surface area contributed by atoms with Gasteiger partial charge in [-0.2, -0.15) is 0 Å². The van der Waals surface area contributed by atoms with Crippen LogP contribution in [0.1, 0.15) is 172 Å².